The molecule has 2 aliphatic carbocycles. The van der Waals surface area contributed by atoms with Gasteiger partial charge in [0.2, 0.25) is 0 Å². The average Bonchev–Trinajstić information content (AvgIpc) is 2.57. The van der Waals surface area contributed by atoms with Gasteiger partial charge in [0.25, 0.3) is 0 Å². The molecule has 2 rings (SSSR count). The lowest BCUT2D eigenvalue weighted by Crippen LogP contribution is -1.77. The lowest BCUT2D eigenvalue weighted by Gasteiger charge is -1.75. The van der Waals surface area contributed by atoms with E-state index in [4.69, 9.17) is 0 Å². The van der Waals surface area contributed by atoms with Crippen molar-refractivity contribution in [2.75, 3.05) is 0 Å². The SMILES string of the molecule is S=C=N[C@H]1CC12CC2. The molecule has 2 heteroatoms. The molecule has 8 heavy (non-hydrogen) atoms. The van der Waals surface area contributed by atoms with Gasteiger partial charge >= 0.3 is 0 Å². The number of hydrogen-bond acceptors (Lipinski definition) is 2. The lowest BCUT2D eigenvalue weighted by atomic mass is 10.4. The third-order valence-corrected chi connectivity index (χ3v) is 2.35. The van der Waals surface area contributed by atoms with E-state index in [0.29, 0.717) is 11.5 Å². The van der Waals surface area contributed by atoms with Crippen LogP contribution in [0.15, 0.2) is 4.99 Å². The zero-order chi connectivity index (χ0) is 5.61. The van der Waals surface area contributed by atoms with Crippen LogP contribution >= 0.6 is 12.2 Å². The van der Waals surface area contributed by atoms with Crippen molar-refractivity contribution in [3.05, 3.63) is 0 Å². The summed E-state index contributed by atoms with van der Waals surface area (Å²) in [6.07, 6.45) is 4.06. The van der Waals surface area contributed by atoms with E-state index in [1.54, 1.807) is 0 Å². The maximum atomic E-state index is 4.48. The van der Waals surface area contributed by atoms with Crippen LogP contribution in [0.1, 0.15) is 19.3 Å². The van der Waals surface area contributed by atoms with Crippen molar-refractivity contribution in [2.45, 2.75) is 25.3 Å². The summed E-state index contributed by atoms with van der Waals surface area (Å²) in [7, 11) is 0. The van der Waals surface area contributed by atoms with Gasteiger partial charge in [0, 0.05) is 0 Å². The Morgan fingerprint density at radius 1 is 1.62 bits per heavy atom. The van der Waals surface area contributed by atoms with Gasteiger partial charge in [-0.2, -0.15) is 0 Å². The van der Waals surface area contributed by atoms with Crippen molar-refractivity contribution in [1.29, 1.82) is 0 Å². The summed E-state index contributed by atoms with van der Waals surface area (Å²) >= 11 is 4.48. The van der Waals surface area contributed by atoms with Crippen molar-refractivity contribution in [3.63, 3.8) is 0 Å². The van der Waals surface area contributed by atoms with Crippen molar-refractivity contribution in [1.82, 2.24) is 0 Å². The highest BCUT2D eigenvalue weighted by atomic mass is 32.1. The Morgan fingerprint density at radius 3 is 2.75 bits per heavy atom. The highest BCUT2D eigenvalue weighted by molar-refractivity contribution is 7.78. The number of isothiocyanates is 1. The quantitative estimate of drug-likeness (QED) is 0.383. The van der Waals surface area contributed by atoms with Crippen LogP contribution in [0.2, 0.25) is 0 Å². The second-order valence-corrected chi connectivity index (χ2v) is 2.99. The molecule has 0 aromatic carbocycles. The molecule has 0 aromatic heterocycles. The molecule has 0 bridgehead atoms. The van der Waals surface area contributed by atoms with Gasteiger partial charge in [-0.1, -0.05) is 0 Å². The first-order valence-corrected chi connectivity index (χ1v) is 3.35. The fourth-order valence-corrected chi connectivity index (χ4v) is 1.40. The molecular formula is C6H7NS. The van der Waals surface area contributed by atoms with Crippen LogP contribution < -0.4 is 0 Å². The third kappa shape index (κ3) is 0.473. The summed E-state index contributed by atoms with van der Waals surface area (Å²) in [5, 5.41) is 2.43. The third-order valence-electron chi connectivity index (χ3n) is 2.25. The molecule has 0 radical (unpaired) electrons. The first kappa shape index (κ1) is 4.66. The summed E-state index contributed by atoms with van der Waals surface area (Å²) < 4.78 is 0. The zero-order valence-corrected chi connectivity index (χ0v) is 5.37. The molecule has 1 spiro atoms. The lowest BCUT2D eigenvalue weighted by molar-refractivity contribution is 0.830. The number of aliphatic imine (C=N–C) groups is 1. The Kier molecular flexibility index (Phi) is 0.699. The van der Waals surface area contributed by atoms with Crippen molar-refractivity contribution in [2.24, 2.45) is 10.4 Å². The Bertz CT molecular complexity index is 165. The van der Waals surface area contributed by atoms with Crippen LogP contribution in [0.3, 0.4) is 0 Å². The van der Waals surface area contributed by atoms with Crippen LogP contribution in [0.4, 0.5) is 0 Å². The van der Waals surface area contributed by atoms with Crippen LogP contribution in [0.25, 0.3) is 0 Å². The summed E-state index contributed by atoms with van der Waals surface area (Å²) in [5.41, 5.74) is 0.672. The van der Waals surface area contributed by atoms with E-state index in [1.807, 2.05) is 0 Å². The molecule has 1 nitrogen and oxygen atoms in total. The fourth-order valence-electron chi connectivity index (χ4n) is 1.27. The summed E-state index contributed by atoms with van der Waals surface area (Å²) in [6, 6.07) is 0.583. The highest BCUT2D eigenvalue weighted by Crippen LogP contribution is 2.67. The maximum Gasteiger partial charge on any atom is 0.0665 e. The molecule has 2 saturated carbocycles. The van der Waals surface area contributed by atoms with Crippen LogP contribution in [0, 0.1) is 5.41 Å². The molecular weight excluding hydrogens is 118 g/mol. The molecule has 1 atom stereocenters. The van der Waals surface area contributed by atoms with E-state index < -0.39 is 0 Å². The highest BCUT2D eigenvalue weighted by Gasteiger charge is 2.63. The van der Waals surface area contributed by atoms with Gasteiger partial charge in [-0.25, -0.2) is 4.99 Å². The Morgan fingerprint density at radius 2 is 2.38 bits per heavy atom. The molecule has 2 fully saturated rings. The Labute approximate surface area is 53.8 Å². The van der Waals surface area contributed by atoms with Gasteiger partial charge in [0.05, 0.1) is 11.2 Å². The molecule has 0 aromatic rings. The average molecular weight is 125 g/mol. The molecule has 2 aliphatic rings. The van der Waals surface area contributed by atoms with Crippen molar-refractivity contribution in [3.8, 4) is 0 Å². The van der Waals surface area contributed by atoms with Gasteiger partial charge in [0.1, 0.15) is 0 Å². The Hall–Kier alpha value is -0.200. The van der Waals surface area contributed by atoms with Crippen molar-refractivity contribution >= 4 is 17.4 Å². The summed E-state index contributed by atoms with van der Waals surface area (Å²) in [4.78, 5) is 4.02. The second kappa shape index (κ2) is 1.20. The minimum Gasteiger partial charge on any atom is -0.229 e. The van der Waals surface area contributed by atoms with E-state index in [2.05, 4.69) is 22.4 Å². The molecule has 0 aliphatic heterocycles. The predicted molar refractivity (Wildman–Crippen MR) is 35.1 cm³/mol. The standard InChI is InChI=1S/C6H7NS/c8-4-7-5-3-6(5)1-2-6/h5H,1-3H2/t5-/m0/s1. The second-order valence-electron chi connectivity index (χ2n) is 2.80. The van der Waals surface area contributed by atoms with E-state index >= 15 is 0 Å². The number of thiocarbonyl (C=S) groups is 1. The van der Waals surface area contributed by atoms with Gasteiger partial charge in [0.15, 0.2) is 0 Å². The molecule has 0 heterocycles. The normalized spacial score (nSPS) is 36.2. The molecule has 0 amide bonds. The molecule has 0 N–H and O–H groups in total. The number of hydrogen-bond donors (Lipinski definition) is 0. The minimum absolute atomic E-state index is 0.583. The first-order valence-electron chi connectivity index (χ1n) is 2.94. The summed E-state index contributed by atoms with van der Waals surface area (Å²) in [5.74, 6) is 0. The minimum atomic E-state index is 0.583. The molecule has 0 saturated heterocycles. The first-order chi connectivity index (χ1) is 3.87. The largest absolute Gasteiger partial charge is 0.229 e. The van der Waals surface area contributed by atoms with Crippen molar-refractivity contribution < 1.29 is 0 Å². The zero-order valence-electron chi connectivity index (χ0n) is 4.55. The predicted octanol–water partition coefficient (Wildman–Crippen LogP) is 1.64. The van der Waals surface area contributed by atoms with E-state index in [-0.39, 0.29) is 0 Å². The van der Waals surface area contributed by atoms with Gasteiger partial charge in [-0.05, 0) is 36.9 Å². The Balaban J connectivity index is 2.06. The van der Waals surface area contributed by atoms with Crippen LogP contribution in [-0.4, -0.2) is 11.2 Å². The topological polar surface area (TPSA) is 12.4 Å². The maximum absolute atomic E-state index is 4.48. The number of rotatable bonds is 1. The monoisotopic (exact) mass is 125 g/mol. The number of nitrogens with zero attached hydrogens (tertiary/aromatic N) is 1. The van der Waals surface area contributed by atoms with Gasteiger partial charge < -0.3 is 0 Å². The van der Waals surface area contributed by atoms with Crippen LogP contribution in [0.5, 0.6) is 0 Å². The van der Waals surface area contributed by atoms with E-state index in [0.717, 1.165) is 0 Å². The van der Waals surface area contributed by atoms with Gasteiger partial charge in [-0.3, -0.25) is 0 Å². The van der Waals surface area contributed by atoms with E-state index in [9.17, 15) is 0 Å². The fraction of sp³-hybridized carbons (Fsp3) is 0.833. The smallest absolute Gasteiger partial charge is 0.0665 e. The van der Waals surface area contributed by atoms with Crippen LogP contribution in [-0.2, 0) is 0 Å². The molecule has 42 valence electrons. The molecule has 0 unspecified atom stereocenters. The van der Waals surface area contributed by atoms with E-state index in [1.165, 1.54) is 19.3 Å². The van der Waals surface area contributed by atoms with Gasteiger partial charge in [-0.15, -0.1) is 0 Å². The summed E-state index contributed by atoms with van der Waals surface area (Å²) in [6.45, 7) is 0.